The second kappa shape index (κ2) is 9.28. The molecule has 192 valence electrons. The number of carboxylic acids is 1. The second-order valence-electron chi connectivity index (χ2n) is 13.0. The standard InChI is InChI=1S/C27H42O4.C3H6/c1-16-19-9-13-26(4)20-10-15-27(24(29)30)12-5-6-21(27)18(20)7-8-23(26)25(19,3)14-11-22(16)31-17(2)28;1-3-2/h16,18-23H,5-15H2,1-4H3,(H,29,30);3H,1H2,2H3. The molecule has 0 heterocycles. The van der Waals surface area contributed by atoms with E-state index < -0.39 is 11.4 Å². The topological polar surface area (TPSA) is 63.6 Å². The lowest BCUT2D eigenvalue weighted by atomic mass is 9.37. The van der Waals surface area contributed by atoms with Crippen LogP contribution in [0.5, 0.6) is 0 Å². The van der Waals surface area contributed by atoms with Gasteiger partial charge in [0.05, 0.1) is 5.41 Å². The van der Waals surface area contributed by atoms with E-state index in [1.54, 1.807) is 13.0 Å². The van der Waals surface area contributed by atoms with Gasteiger partial charge in [0.2, 0.25) is 0 Å². The summed E-state index contributed by atoms with van der Waals surface area (Å²) in [5.41, 5.74) is 0.253. The summed E-state index contributed by atoms with van der Waals surface area (Å²) < 4.78 is 5.73. The van der Waals surface area contributed by atoms with Crippen molar-refractivity contribution >= 4 is 11.9 Å². The zero-order chi connectivity index (χ0) is 24.9. The third-order valence-electron chi connectivity index (χ3n) is 11.8. The first-order valence-electron chi connectivity index (χ1n) is 14.0. The molecule has 0 aliphatic heterocycles. The highest BCUT2D eigenvalue weighted by molar-refractivity contribution is 5.75. The van der Waals surface area contributed by atoms with E-state index in [-0.39, 0.29) is 12.1 Å². The molecule has 0 bridgehead atoms. The van der Waals surface area contributed by atoms with E-state index in [2.05, 4.69) is 27.4 Å². The van der Waals surface area contributed by atoms with Crippen LogP contribution in [0.15, 0.2) is 12.7 Å². The van der Waals surface area contributed by atoms with Gasteiger partial charge in [-0.25, -0.2) is 0 Å². The SMILES string of the molecule is C=CC.CC(=O)OC1CCC2(C)C(CCC3(C)C4CCC5(C(=O)O)CCCC5C4CCC23)C1C. The Balaban J connectivity index is 0.000000868. The number of allylic oxidation sites excluding steroid dienone is 1. The molecule has 0 aromatic heterocycles. The van der Waals surface area contributed by atoms with Crippen LogP contribution in [0.25, 0.3) is 0 Å². The molecule has 5 aliphatic rings. The number of rotatable bonds is 2. The van der Waals surface area contributed by atoms with Crippen molar-refractivity contribution in [1.82, 2.24) is 0 Å². The van der Waals surface area contributed by atoms with Crippen molar-refractivity contribution in [2.75, 3.05) is 0 Å². The number of hydrogen-bond donors (Lipinski definition) is 1. The average Bonchev–Trinajstić information content (AvgIpc) is 3.22. The van der Waals surface area contributed by atoms with Gasteiger partial charge in [-0.05, 0) is 117 Å². The molecular formula is C30H48O4. The molecule has 5 rings (SSSR count). The van der Waals surface area contributed by atoms with E-state index in [0.29, 0.717) is 40.4 Å². The smallest absolute Gasteiger partial charge is 0.309 e. The maximum absolute atomic E-state index is 12.3. The summed E-state index contributed by atoms with van der Waals surface area (Å²) in [4.78, 5) is 24.0. The van der Waals surface area contributed by atoms with E-state index in [1.807, 2.05) is 6.92 Å². The lowest BCUT2D eigenvalue weighted by molar-refractivity contribution is -0.204. The highest BCUT2D eigenvalue weighted by atomic mass is 16.5. The normalized spacial score (nSPS) is 49.1. The van der Waals surface area contributed by atoms with Crippen molar-refractivity contribution in [2.45, 2.75) is 111 Å². The maximum Gasteiger partial charge on any atom is 0.309 e. The van der Waals surface area contributed by atoms with Crippen molar-refractivity contribution in [1.29, 1.82) is 0 Å². The van der Waals surface area contributed by atoms with Crippen molar-refractivity contribution in [3.8, 4) is 0 Å². The van der Waals surface area contributed by atoms with Crippen LogP contribution in [-0.4, -0.2) is 23.1 Å². The highest BCUT2D eigenvalue weighted by Gasteiger charge is 2.66. The Morgan fingerprint density at radius 3 is 2.18 bits per heavy atom. The Morgan fingerprint density at radius 2 is 1.53 bits per heavy atom. The van der Waals surface area contributed by atoms with Gasteiger partial charge in [-0.15, -0.1) is 6.58 Å². The predicted molar refractivity (Wildman–Crippen MR) is 135 cm³/mol. The molecule has 0 aromatic carbocycles. The van der Waals surface area contributed by atoms with Gasteiger partial charge in [0, 0.05) is 6.92 Å². The molecule has 0 radical (unpaired) electrons. The van der Waals surface area contributed by atoms with Gasteiger partial charge in [-0.2, -0.15) is 0 Å². The summed E-state index contributed by atoms with van der Waals surface area (Å²) in [6.07, 6.45) is 14.2. The molecule has 1 N–H and O–H groups in total. The van der Waals surface area contributed by atoms with Gasteiger partial charge < -0.3 is 9.84 Å². The maximum atomic E-state index is 12.3. The molecule has 4 nitrogen and oxygen atoms in total. The van der Waals surface area contributed by atoms with Gasteiger partial charge in [0.25, 0.3) is 0 Å². The minimum absolute atomic E-state index is 0.0839. The van der Waals surface area contributed by atoms with Crippen LogP contribution in [0.2, 0.25) is 0 Å². The number of carbonyl (C=O) groups is 2. The van der Waals surface area contributed by atoms with Crippen molar-refractivity contribution < 1.29 is 19.4 Å². The largest absolute Gasteiger partial charge is 0.481 e. The van der Waals surface area contributed by atoms with Crippen molar-refractivity contribution in [3.63, 3.8) is 0 Å². The molecule has 5 aliphatic carbocycles. The quantitative estimate of drug-likeness (QED) is 0.339. The Kier molecular flexibility index (Phi) is 7.03. The molecule has 10 atom stereocenters. The van der Waals surface area contributed by atoms with Crippen LogP contribution in [-0.2, 0) is 14.3 Å². The second-order valence-corrected chi connectivity index (χ2v) is 13.0. The van der Waals surface area contributed by atoms with Gasteiger partial charge in [-0.3, -0.25) is 9.59 Å². The van der Waals surface area contributed by atoms with Crippen LogP contribution in [0.1, 0.15) is 105 Å². The van der Waals surface area contributed by atoms with Crippen LogP contribution >= 0.6 is 0 Å². The molecular weight excluding hydrogens is 424 g/mol. The van der Waals surface area contributed by atoms with Gasteiger partial charge in [-0.1, -0.05) is 33.3 Å². The first-order chi connectivity index (χ1) is 16.0. The lowest BCUT2D eigenvalue weighted by Gasteiger charge is -2.67. The molecule has 5 saturated carbocycles. The minimum Gasteiger partial charge on any atom is -0.481 e. The van der Waals surface area contributed by atoms with E-state index in [9.17, 15) is 14.7 Å². The molecule has 0 aromatic rings. The highest BCUT2D eigenvalue weighted by Crippen LogP contribution is 2.71. The Bertz CT molecular complexity index is 806. The summed E-state index contributed by atoms with van der Waals surface area (Å²) in [7, 11) is 0. The number of esters is 1. The van der Waals surface area contributed by atoms with Crippen molar-refractivity contribution in [3.05, 3.63) is 12.7 Å². The zero-order valence-electron chi connectivity index (χ0n) is 22.3. The zero-order valence-corrected chi connectivity index (χ0v) is 22.3. The first kappa shape index (κ1) is 25.8. The predicted octanol–water partition coefficient (Wildman–Crippen LogP) is 7.27. The number of aliphatic carboxylic acids is 1. The summed E-state index contributed by atoms with van der Waals surface area (Å²) in [5, 5.41) is 10.2. The van der Waals surface area contributed by atoms with Crippen LogP contribution in [0, 0.1) is 51.8 Å². The number of carboxylic acid groups (broad SMARTS) is 1. The molecule has 0 saturated heterocycles. The van der Waals surface area contributed by atoms with E-state index >= 15 is 0 Å². The summed E-state index contributed by atoms with van der Waals surface area (Å²) in [6, 6.07) is 0. The van der Waals surface area contributed by atoms with Crippen LogP contribution in [0.4, 0.5) is 0 Å². The third-order valence-corrected chi connectivity index (χ3v) is 11.8. The molecule has 0 amide bonds. The number of hydrogen-bond acceptors (Lipinski definition) is 3. The first-order valence-corrected chi connectivity index (χ1v) is 14.0. The lowest BCUT2D eigenvalue weighted by Crippen LogP contribution is -2.61. The van der Waals surface area contributed by atoms with Gasteiger partial charge in [0.1, 0.15) is 6.10 Å². The Hall–Kier alpha value is -1.32. The summed E-state index contributed by atoms with van der Waals surface area (Å²) in [6.45, 7) is 14.3. The third kappa shape index (κ3) is 3.77. The summed E-state index contributed by atoms with van der Waals surface area (Å²) in [5.74, 6) is 2.87. The number of carbonyl (C=O) groups excluding carboxylic acids is 1. The molecule has 0 spiro atoms. The molecule has 5 fully saturated rings. The molecule has 10 unspecified atom stereocenters. The fourth-order valence-electron chi connectivity index (χ4n) is 10.6. The monoisotopic (exact) mass is 472 g/mol. The van der Waals surface area contributed by atoms with Gasteiger partial charge in [0.15, 0.2) is 0 Å². The minimum atomic E-state index is -0.506. The fraction of sp³-hybridized carbons (Fsp3) is 0.867. The Morgan fingerprint density at radius 1 is 0.912 bits per heavy atom. The van der Waals surface area contributed by atoms with E-state index in [1.165, 1.54) is 32.1 Å². The van der Waals surface area contributed by atoms with E-state index in [0.717, 1.165) is 44.4 Å². The molecule has 34 heavy (non-hydrogen) atoms. The fourth-order valence-corrected chi connectivity index (χ4v) is 10.6. The average molecular weight is 473 g/mol. The van der Waals surface area contributed by atoms with Crippen molar-refractivity contribution in [2.24, 2.45) is 51.8 Å². The Labute approximate surface area is 207 Å². The van der Waals surface area contributed by atoms with E-state index in [4.69, 9.17) is 4.74 Å². The molecule has 4 heteroatoms. The van der Waals surface area contributed by atoms with Crippen LogP contribution < -0.4 is 0 Å². The van der Waals surface area contributed by atoms with Gasteiger partial charge >= 0.3 is 11.9 Å². The number of fused-ring (bicyclic) bond motifs is 7. The number of ether oxygens (including phenoxy) is 1. The van der Waals surface area contributed by atoms with Crippen LogP contribution in [0.3, 0.4) is 0 Å². The summed E-state index contributed by atoms with van der Waals surface area (Å²) >= 11 is 0.